The largest absolute Gasteiger partial charge is 0.493 e. The van der Waals surface area contributed by atoms with Crippen LogP contribution >= 0.6 is 0 Å². The first-order chi connectivity index (χ1) is 18.1. The Bertz CT molecular complexity index is 1560. The Labute approximate surface area is 218 Å². The van der Waals surface area contributed by atoms with Gasteiger partial charge >= 0.3 is 0 Å². The van der Waals surface area contributed by atoms with E-state index in [9.17, 15) is 0 Å². The smallest absolute Gasteiger partial charge is 0.161 e. The lowest BCUT2D eigenvalue weighted by Crippen LogP contribution is -2.32. The van der Waals surface area contributed by atoms with E-state index in [0.717, 1.165) is 47.9 Å². The summed E-state index contributed by atoms with van der Waals surface area (Å²) in [5.74, 6) is 2.07. The van der Waals surface area contributed by atoms with Gasteiger partial charge in [-0.15, -0.1) is 0 Å². The molecule has 0 aliphatic carbocycles. The molecule has 3 aromatic carbocycles. The van der Waals surface area contributed by atoms with Crippen molar-refractivity contribution in [3.8, 4) is 22.8 Å². The number of rotatable bonds is 6. The number of aromatic nitrogens is 2. The zero-order chi connectivity index (χ0) is 25.4. The third-order valence-electron chi connectivity index (χ3n) is 7.94. The normalized spacial score (nSPS) is 14.9. The van der Waals surface area contributed by atoms with E-state index in [4.69, 9.17) is 9.47 Å². The van der Waals surface area contributed by atoms with Gasteiger partial charge in [-0.05, 0) is 97.9 Å². The van der Waals surface area contributed by atoms with Gasteiger partial charge in [-0.25, -0.2) is 0 Å². The Hall–Kier alpha value is -3.83. The second kappa shape index (κ2) is 9.91. The SMILES string of the molecule is COc1ccc(-c2[nH]c3ccc(C4CCN(Cc5cccc6ncccc56)CC4)cc3c2C)cc1OC. The maximum Gasteiger partial charge on any atom is 0.161 e. The van der Waals surface area contributed by atoms with Crippen LogP contribution in [0.25, 0.3) is 33.1 Å². The van der Waals surface area contributed by atoms with Crippen molar-refractivity contribution in [2.45, 2.75) is 32.2 Å². The number of fused-ring (bicyclic) bond motifs is 2. The minimum Gasteiger partial charge on any atom is -0.493 e. The van der Waals surface area contributed by atoms with Crippen molar-refractivity contribution < 1.29 is 9.47 Å². The Balaban J connectivity index is 1.19. The van der Waals surface area contributed by atoms with E-state index in [1.165, 1.54) is 45.8 Å². The van der Waals surface area contributed by atoms with Gasteiger partial charge in [0.1, 0.15) is 0 Å². The Morgan fingerprint density at radius 2 is 1.73 bits per heavy atom. The standard InChI is InChI=1S/C32H33N3O2/c1-21-27-18-23(9-11-29(27)34-32(21)24-10-12-30(36-2)31(19-24)37-3)22-13-16-35(17-14-22)20-25-6-4-8-28-26(25)7-5-15-33-28/h4-12,15,18-19,22,34H,13-14,16-17,20H2,1-3H3. The number of methoxy groups -OCH3 is 2. The number of piperidine rings is 1. The number of benzene rings is 3. The molecule has 0 spiro atoms. The quantitative estimate of drug-likeness (QED) is 0.276. The lowest BCUT2D eigenvalue weighted by Gasteiger charge is -2.32. The fourth-order valence-corrected chi connectivity index (χ4v) is 5.85. The van der Waals surface area contributed by atoms with Gasteiger partial charge in [-0.1, -0.05) is 24.3 Å². The Morgan fingerprint density at radius 1 is 0.892 bits per heavy atom. The number of nitrogens with zero attached hydrogens (tertiary/aromatic N) is 2. The number of aromatic amines is 1. The van der Waals surface area contributed by atoms with Gasteiger partial charge in [-0.2, -0.15) is 0 Å². The van der Waals surface area contributed by atoms with Crippen LogP contribution in [0.2, 0.25) is 0 Å². The minimum absolute atomic E-state index is 0.591. The second-order valence-electron chi connectivity index (χ2n) is 10.0. The number of ether oxygens (including phenoxy) is 2. The third-order valence-corrected chi connectivity index (χ3v) is 7.94. The molecule has 0 saturated carbocycles. The van der Waals surface area contributed by atoms with Gasteiger partial charge in [0.05, 0.1) is 19.7 Å². The topological polar surface area (TPSA) is 50.4 Å². The van der Waals surface area contributed by atoms with Crippen LogP contribution in [-0.2, 0) is 6.54 Å². The van der Waals surface area contributed by atoms with Crippen LogP contribution in [0.15, 0.2) is 72.9 Å². The van der Waals surface area contributed by atoms with E-state index in [1.54, 1.807) is 14.2 Å². The molecule has 188 valence electrons. The molecule has 0 bridgehead atoms. The first kappa shape index (κ1) is 23.6. The lowest BCUT2D eigenvalue weighted by atomic mass is 9.88. The molecule has 5 aromatic rings. The van der Waals surface area contributed by atoms with Gasteiger partial charge < -0.3 is 14.5 Å². The molecule has 2 aromatic heterocycles. The highest BCUT2D eigenvalue weighted by Gasteiger charge is 2.22. The molecule has 5 heteroatoms. The minimum atomic E-state index is 0.591. The highest BCUT2D eigenvalue weighted by Crippen LogP contribution is 2.37. The van der Waals surface area contributed by atoms with E-state index in [0.29, 0.717) is 5.92 Å². The molecule has 37 heavy (non-hydrogen) atoms. The summed E-state index contributed by atoms with van der Waals surface area (Å²) in [5, 5.41) is 2.57. The number of nitrogens with one attached hydrogen (secondary N) is 1. The van der Waals surface area contributed by atoms with Crippen molar-refractivity contribution in [2.24, 2.45) is 0 Å². The molecule has 1 fully saturated rings. The monoisotopic (exact) mass is 491 g/mol. The van der Waals surface area contributed by atoms with E-state index in [-0.39, 0.29) is 0 Å². The molecule has 6 rings (SSSR count). The molecule has 1 aliphatic rings. The third kappa shape index (κ3) is 4.44. The Kier molecular flexibility index (Phi) is 6.31. The molecule has 0 atom stereocenters. The first-order valence-electron chi connectivity index (χ1n) is 13.0. The van der Waals surface area contributed by atoms with E-state index >= 15 is 0 Å². The lowest BCUT2D eigenvalue weighted by molar-refractivity contribution is 0.205. The summed E-state index contributed by atoms with van der Waals surface area (Å²) in [4.78, 5) is 10.8. The number of aryl methyl sites for hydroxylation is 1. The van der Waals surface area contributed by atoms with Crippen LogP contribution in [0, 0.1) is 6.92 Å². The van der Waals surface area contributed by atoms with Crippen molar-refractivity contribution in [1.82, 2.24) is 14.9 Å². The summed E-state index contributed by atoms with van der Waals surface area (Å²) < 4.78 is 10.9. The van der Waals surface area contributed by atoms with E-state index in [1.807, 2.05) is 24.4 Å². The molecule has 1 N–H and O–H groups in total. The summed E-state index contributed by atoms with van der Waals surface area (Å²) in [7, 11) is 3.34. The maximum atomic E-state index is 5.53. The Morgan fingerprint density at radius 3 is 2.54 bits per heavy atom. The van der Waals surface area contributed by atoms with Gasteiger partial charge in [0.15, 0.2) is 11.5 Å². The summed E-state index contributed by atoms with van der Waals surface area (Å²) in [6.45, 7) is 5.42. The molecule has 1 saturated heterocycles. The average molecular weight is 492 g/mol. The zero-order valence-electron chi connectivity index (χ0n) is 21.8. The fourth-order valence-electron chi connectivity index (χ4n) is 5.85. The number of hydrogen-bond acceptors (Lipinski definition) is 4. The average Bonchev–Trinajstić information content (AvgIpc) is 3.29. The predicted octanol–water partition coefficient (Wildman–Crippen LogP) is 7.09. The van der Waals surface area contributed by atoms with Gasteiger partial charge in [-0.3, -0.25) is 9.88 Å². The van der Waals surface area contributed by atoms with Crippen LogP contribution in [-0.4, -0.2) is 42.2 Å². The van der Waals surface area contributed by atoms with Gasteiger partial charge in [0.25, 0.3) is 0 Å². The fraction of sp³-hybridized carbons (Fsp3) is 0.281. The number of H-pyrrole nitrogens is 1. The second-order valence-corrected chi connectivity index (χ2v) is 10.0. The summed E-state index contributed by atoms with van der Waals surface area (Å²) >= 11 is 0. The number of pyridine rings is 1. The molecule has 0 amide bonds. The van der Waals surface area contributed by atoms with Crippen LogP contribution in [0.5, 0.6) is 11.5 Å². The molecule has 0 radical (unpaired) electrons. The van der Waals surface area contributed by atoms with E-state index in [2.05, 4.69) is 70.3 Å². The molecular weight excluding hydrogens is 458 g/mol. The van der Waals surface area contributed by atoms with Gasteiger partial charge in [0, 0.05) is 40.3 Å². The van der Waals surface area contributed by atoms with E-state index < -0.39 is 0 Å². The molecule has 1 aliphatic heterocycles. The van der Waals surface area contributed by atoms with Crippen molar-refractivity contribution in [2.75, 3.05) is 27.3 Å². The molecular formula is C32H33N3O2. The van der Waals surface area contributed by atoms with Crippen LogP contribution in [0.3, 0.4) is 0 Å². The highest BCUT2D eigenvalue weighted by molar-refractivity contribution is 5.91. The van der Waals surface area contributed by atoms with Crippen molar-refractivity contribution in [3.63, 3.8) is 0 Å². The first-order valence-corrected chi connectivity index (χ1v) is 13.0. The van der Waals surface area contributed by atoms with Crippen molar-refractivity contribution in [1.29, 1.82) is 0 Å². The van der Waals surface area contributed by atoms with Crippen LogP contribution < -0.4 is 9.47 Å². The van der Waals surface area contributed by atoms with Crippen LogP contribution in [0.1, 0.15) is 35.4 Å². The van der Waals surface area contributed by atoms with Crippen molar-refractivity contribution >= 4 is 21.8 Å². The predicted molar refractivity (Wildman–Crippen MR) is 151 cm³/mol. The number of likely N-dealkylation sites (tertiary alicyclic amines) is 1. The zero-order valence-corrected chi connectivity index (χ0v) is 21.8. The molecule has 5 nitrogen and oxygen atoms in total. The summed E-state index contributed by atoms with van der Waals surface area (Å²) in [5.41, 5.74) is 8.58. The van der Waals surface area contributed by atoms with Gasteiger partial charge in [0.2, 0.25) is 0 Å². The summed E-state index contributed by atoms with van der Waals surface area (Å²) in [6.07, 6.45) is 4.23. The van der Waals surface area contributed by atoms with Crippen LogP contribution in [0.4, 0.5) is 0 Å². The highest BCUT2D eigenvalue weighted by atomic mass is 16.5. The number of hydrogen-bond donors (Lipinski definition) is 1. The molecule has 3 heterocycles. The maximum absolute atomic E-state index is 5.53. The summed E-state index contributed by atoms with van der Waals surface area (Å²) in [6, 6.07) is 23.8. The van der Waals surface area contributed by atoms with Crippen molar-refractivity contribution in [3.05, 3.63) is 89.6 Å². The molecule has 0 unspecified atom stereocenters.